The van der Waals surface area contributed by atoms with E-state index < -0.39 is 0 Å². The van der Waals surface area contributed by atoms with Crippen LogP contribution in [0.4, 0.5) is 0 Å². The molecule has 2 nitrogen and oxygen atoms in total. The van der Waals surface area contributed by atoms with E-state index >= 15 is 0 Å². The minimum atomic E-state index is 0.594. The molecule has 0 heterocycles. The van der Waals surface area contributed by atoms with Crippen LogP contribution in [0.5, 0.6) is 0 Å². The van der Waals surface area contributed by atoms with Gasteiger partial charge in [-0.3, -0.25) is 4.90 Å². The van der Waals surface area contributed by atoms with Crippen molar-refractivity contribution in [3.63, 3.8) is 0 Å². The summed E-state index contributed by atoms with van der Waals surface area (Å²) in [5.41, 5.74) is 5.90. The summed E-state index contributed by atoms with van der Waals surface area (Å²) >= 11 is 0. The molecule has 0 bridgehead atoms. The fraction of sp³-hybridized carbons (Fsp3) is 1.00. The summed E-state index contributed by atoms with van der Waals surface area (Å²) in [6.45, 7) is 11.2. The van der Waals surface area contributed by atoms with Gasteiger partial charge in [0.2, 0.25) is 0 Å². The van der Waals surface area contributed by atoms with Gasteiger partial charge in [0.15, 0.2) is 0 Å². The van der Waals surface area contributed by atoms with E-state index in [1.54, 1.807) is 0 Å². The average Bonchev–Trinajstić information content (AvgIpc) is 2.94. The van der Waals surface area contributed by atoms with E-state index in [0.29, 0.717) is 12.0 Å². The Kier molecular flexibility index (Phi) is 5.07. The van der Waals surface area contributed by atoms with Crippen molar-refractivity contribution in [1.82, 2.24) is 4.90 Å². The first-order valence-electron chi connectivity index (χ1n) is 6.52. The third kappa shape index (κ3) is 4.12. The van der Waals surface area contributed by atoms with Crippen LogP contribution in [0.2, 0.25) is 0 Å². The Bertz CT molecular complexity index is 173. The van der Waals surface area contributed by atoms with Crippen molar-refractivity contribution in [3.05, 3.63) is 0 Å². The largest absolute Gasteiger partial charge is 0.329 e. The van der Waals surface area contributed by atoms with Crippen LogP contribution in [0.15, 0.2) is 0 Å². The Labute approximate surface area is 95.2 Å². The second-order valence-corrected chi connectivity index (χ2v) is 5.70. The van der Waals surface area contributed by atoms with E-state index in [9.17, 15) is 0 Å². The molecule has 2 N–H and O–H groups in total. The van der Waals surface area contributed by atoms with E-state index in [4.69, 9.17) is 5.73 Å². The number of rotatable bonds is 7. The molecule has 1 fully saturated rings. The zero-order valence-corrected chi connectivity index (χ0v) is 10.9. The summed E-state index contributed by atoms with van der Waals surface area (Å²) in [6.07, 6.45) is 4.09. The maximum Gasteiger partial charge on any atom is 0.0244 e. The van der Waals surface area contributed by atoms with Gasteiger partial charge < -0.3 is 5.73 Å². The van der Waals surface area contributed by atoms with Crippen LogP contribution < -0.4 is 5.73 Å². The lowest BCUT2D eigenvalue weighted by Crippen LogP contribution is -2.46. The molecule has 1 saturated carbocycles. The highest BCUT2D eigenvalue weighted by Crippen LogP contribution is 2.30. The molecule has 15 heavy (non-hydrogen) atoms. The molecule has 90 valence electrons. The van der Waals surface area contributed by atoms with E-state index in [1.165, 1.54) is 25.8 Å². The van der Waals surface area contributed by atoms with Crippen molar-refractivity contribution < 1.29 is 0 Å². The average molecular weight is 212 g/mol. The Hall–Kier alpha value is -0.0800. The Balaban J connectivity index is 2.47. The SMILES string of the molecule is CC(C)CCN(C1CC1)C(CN)C(C)C. The van der Waals surface area contributed by atoms with E-state index in [1.807, 2.05) is 0 Å². The second kappa shape index (κ2) is 5.86. The second-order valence-electron chi connectivity index (χ2n) is 5.70. The van der Waals surface area contributed by atoms with Gasteiger partial charge >= 0.3 is 0 Å². The van der Waals surface area contributed by atoms with Gasteiger partial charge in [-0.15, -0.1) is 0 Å². The van der Waals surface area contributed by atoms with Gasteiger partial charge in [0, 0.05) is 18.6 Å². The molecule has 1 rings (SSSR count). The molecule has 0 radical (unpaired) electrons. The summed E-state index contributed by atoms with van der Waals surface area (Å²) in [6, 6.07) is 1.44. The molecule has 0 amide bonds. The van der Waals surface area contributed by atoms with E-state index in [2.05, 4.69) is 32.6 Å². The van der Waals surface area contributed by atoms with Crippen molar-refractivity contribution >= 4 is 0 Å². The van der Waals surface area contributed by atoms with Crippen molar-refractivity contribution in [3.8, 4) is 0 Å². The summed E-state index contributed by atoms with van der Waals surface area (Å²) < 4.78 is 0. The van der Waals surface area contributed by atoms with Gasteiger partial charge in [-0.1, -0.05) is 27.7 Å². The highest BCUT2D eigenvalue weighted by molar-refractivity contribution is 4.90. The number of hydrogen-bond donors (Lipinski definition) is 1. The fourth-order valence-electron chi connectivity index (χ4n) is 2.22. The van der Waals surface area contributed by atoms with Crippen LogP contribution in [-0.4, -0.2) is 30.1 Å². The Morgan fingerprint density at radius 2 is 1.80 bits per heavy atom. The van der Waals surface area contributed by atoms with Crippen LogP contribution in [0.1, 0.15) is 47.0 Å². The lowest BCUT2D eigenvalue weighted by molar-refractivity contribution is 0.143. The van der Waals surface area contributed by atoms with Crippen molar-refractivity contribution in [2.45, 2.75) is 59.0 Å². The molecule has 2 heteroatoms. The first-order chi connectivity index (χ1) is 7.06. The fourth-order valence-corrected chi connectivity index (χ4v) is 2.22. The minimum absolute atomic E-state index is 0.594. The van der Waals surface area contributed by atoms with Crippen LogP contribution in [0.3, 0.4) is 0 Å². The van der Waals surface area contributed by atoms with E-state index in [0.717, 1.165) is 18.5 Å². The molecule has 1 aliphatic carbocycles. The maximum absolute atomic E-state index is 5.90. The normalized spacial score (nSPS) is 19.2. The molecular formula is C13H28N2. The van der Waals surface area contributed by atoms with Gasteiger partial charge in [-0.05, 0) is 37.6 Å². The first-order valence-corrected chi connectivity index (χ1v) is 6.52. The summed E-state index contributed by atoms with van der Waals surface area (Å²) in [7, 11) is 0. The molecule has 0 aromatic carbocycles. The zero-order valence-electron chi connectivity index (χ0n) is 10.9. The van der Waals surface area contributed by atoms with Gasteiger partial charge in [-0.2, -0.15) is 0 Å². The van der Waals surface area contributed by atoms with Crippen LogP contribution in [0, 0.1) is 11.8 Å². The molecular weight excluding hydrogens is 184 g/mol. The number of nitrogens with two attached hydrogens (primary N) is 1. The summed E-state index contributed by atoms with van der Waals surface area (Å²) in [5, 5.41) is 0. The molecule has 1 atom stereocenters. The van der Waals surface area contributed by atoms with Gasteiger partial charge in [0.05, 0.1) is 0 Å². The highest BCUT2D eigenvalue weighted by atomic mass is 15.2. The number of nitrogens with zero attached hydrogens (tertiary/aromatic N) is 1. The Morgan fingerprint density at radius 1 is 1.20 bits per heavy atom. The molecule has 0 spiro atoms. The quantitative estimate of drug-likeness (QED) is 0.702. The van der Waals surface area contributed by atoms with Gasteiger partial charge in [0.1, 0.15) is 0 Å². The third-order valence-corrected chi connectivity index (χ3v) is 3.42. The van der Waals surface area contributed by atoms with Crippen LogP contribution in [-0.2, 0) is 0 Å². The Morgan fingerprint density at radius 3 is 2.13 bits per heavy atom. The zero-order chi connectivity index (χ0) is 11.4. The predicted molar refractivity (Wildman–Crippen MR) is 66.9 cm³/mol. The molecule has 0 aromatic rings. The predicted octanol–water partition coefficient (Wildman–Crippen LogP) is 2.48. The van der Waals surface area contributed by atoms with Crippen molar-refractivity contribution in [1.29, 1.82) is 0 Å². The molecule has 1 unspecified atom stereocenters. The summed E-state index contributed by atoms with van der Waals surface area (Å²) in [5.74, 6) is 1.49. The smallest absolute Gasteiger partial charge is 0.0244 e. The topological polar surface area (TPSA) is 29.3 Å². The summed E-state index contributed by atoms with van der Waals surface area (Å²) in [4.78, 5) is 2.67. The van der Waals surface area contributed by atoms with Crippen LogP contribution >= 0.6 is 0 Å². The lowest BCUT2D eigenvalue weighted by Gasteiger charge is -2.34. The molecule has 0 saturated heterocycles. The molecule has 0 aliphatic heterocycles. The highest BCUT2D eigenvalue weighted by Gasteiger charge is 2.34. The number of hydrogen-bond acceptors (Lipinski definition) is 2. The van der Waals surface area contributed by atoms with Crippen molar-refractivity contribution in [2.75, 3.05) is 13.1 Å². The minimum Gasteiger partial charge on any atom is -0.329 e. The standard InChI is InChI=1S/C13H28N2/c1-10(2)7-8-15(12-5-6-12)13(9-14)11(3)4/h10-13H,5-9,14H2,1-4H3. The van der Waals surface area contributed by atoms with Gasteiger partial charge in [-0.25, -0.2) is 0 Å². The van der Waals surface area contributed by atoms with Gasteiger partial charge in [0.25, 0.3) is 0 Å². The molecule has 0 aromatic heterocycles. The van der Waals surface area contributed by atoms with Crippen LogP contribution in [0.25, 0.3) is 0 Å². The lowest BCUT2D eigenvalue weighted by atomic mass is 10.0. The third-order valence-electron chi connectivity index (χ3n) is 3.42. The monoisotopic (exact) mass is 212 g/mol. The maximum atomic E-state index is 5.90. The van der Waals surface area contributed by atoms with Crippen molar-refractivity contribution in [2.24, 2.45) is 17.6 Å². The van der Waals surface area contributed by atoms with E-state index in [-0.39, 0.29) is 0 Å². The first kappa shape index (κ1) is 13.0. The molecule has 1 aliphatic rings.